The second-order valence-electron chi connectivity index (χ2n) is 3.13. The zero-order valence-electron chi connectivity index (χ0n) is 7.66. The van der Waals surface area contributed by atoms with E-state index in [1.54, 1.807) is 0 Å². The molecule has 1 N–H and O–H groups in total. The van der Waals surface area contributed by atoms with Gasteiger partial charge in [-0.2, -0.15) is 0 Å². The van der Waals surface area contributed by atoms with Crippen molar-refractivity contribution in [1.82, 2.24) is 5.32 Å². The normalized spacial score (nSPS) is 13.0. The second-order valence-corrected chi connectivity index (χ2v) is 8.94. The topological polar surface area (TPSA) is 12.0 Å². The summed E-state index contributed by atoms with van der Waals surface area (Å²) >= 11 is 0.301. The van der Waals surface area contributed by atoms with Crippen LogP contribution in [0.25, 0.3) is 0 Å². The summed E-state index contributed by atoms with van der Waals surface area (Å²) in [6.07, 6.45) is 0. The Kier molecular flexibility index (Phi) is 4.86. The van der Waals surface area contributed by atoms with E-state index in [2.05, 4.69) is 39.9 Å². The van der Waals surface area contributed by atoms with Crippen molar-refractivity contribution < 1.29 is 21.2 Å². The third kappa shape index (κ3) is 5.47. The van der Waals surface area contributed by atoms with Gasteiger partial charge in [0.15, 0.2) is 0 Å². The zero-order valence-corrected chi connectivity index (χ0v) is 9.82. The van der Waals surface area contributed by atoms with Gasteiger partial charge in [0.05, 0.1) is 0 Å². The van der Waals surface area contributed by atoms with E-state index >= 15 is 0 Å². The predicted octanol–water partition coefficient (Wildman–Crippen LogP) is -1.17. The molecule has 0 aromatic rings. The van der Waals surface area contributed by atoms with Crippen LogP contribution in [0.1, 0.15) is 34.6 Å². The molecule has 0 spiro atoms. The Morgan fingerprint density at radius 3 is 2.20 bits per heavy atom. The quantitative estimate of drug-likeness (QED) is 0.380. The van der Waals surface area contributed by atoms with E-state index in [0.29, 0.717) is 24.8 Å². The molecule has 0 saturated heterocycles. The molecule has 0 aliphatic rings. The number of halogens is 1. The van der Waals surface area contributed by atoms with Crippen molar-refractivity contribution in [2.75, 3.05) is 6.54 Å². The van der Waals surface area contributed by atoms with Gasteiger partial charge in [0.2, 0.25) is 0 Å². The van der Waals surface area contributed by atoms with Crippen LogP contribution >= 0.6 is 0 Å². The van der Waals surface area contributed by atoms with Gasteiger partial charge < -0.3 is 0 Å². The number of rotatable bonds is 4. The molecular weight excluding hydrogens is 237 g/mol. The van der Waals surface area contributed by atoms with Crippen molar-refractivity contribution in [2.45, 2.75) is 42.1 Å². The van der Waals surface area contributed by atoms with Gasteiger partial charge in [-0.05, 0) is 0 Å². The monoisotopic (exact) mass is 256 g/mol. The van der Waals surface area contributed by atoms with Gasteiger partial charge in [-0.3, -0.25) is 0 Å². The van der Waals surface area contributed by atoms with Gasteiger partial charge in [0.25, 0.3) is 0 Å². The molecule has 64 valence electrons. The van der Waals surface area contributed by atoms with Gasteiger partial charge in [-0.1, -0.05) is 0 Å². The molecule has 0 bridgehead atoms. The first kappa shape index (κ1) is 10.7. The number of nitrogens with one attached hydrogen (secondary N) is 1. The summed E-state index contributed by atoms with van der Waals surface area (Å²) < 4.78 is 1.33. The molecule has 0 saturated carbocycles. The van der Waals surface area contributed by atoms with Crippen LogP contribution in [-0.2, 0) is 0 Å². The minimum absolute atomic E-state index is 0.301. The third-order valence-electron chi connectivity index (χ3n) is 1.09. The average molecular weight is 256 g/mol. The van der Waals surface area contributed by atoms with Crippen molar-refractivity contribution in [3.63, 3.8) is 0 Å². The minimum atomic E-state index is 0.301. The summed E-state index contributed by atoms with van der Waals surface area (Å²) in [7, 11) is 0. The molecule has 0 amide bonds. The molecule has 0 aliphatic carbocycles. The fourth-order valence-electron chi connectivity index (χ4n) is 1.00. The fourth-order valence-corrected chi connectivity index (χ4v) is 4.72. The van der Waals surface area contributed by atoms with Gasteiger partial charge in [0.1, 0.15) is 0 Å². The Bertz CT molecular complexity index is 89.3. The zero-order chi connectivity index (χ0) is 8.20. The van der Waals surface area contributed by atoms with Crippen LogP contribution in [0.3, 0.4) is 0 Å². The molecule has 0 atom stereocenters. The first-order chi connectivity index (χ1) is 4.48. The first-order valence-electron chi connectivity index (χ1n) is 3.87. The van der Waals surface area contributed by atoms with Crippen molar-refractivity contribution in [2.24, 2.45) is 0 Å². The van der Waals surface area contributed by atoms with Crippen LogP contribution in [0.4, 0.5) is 0 Å². The molecule has 0 aliphatic heterocycles. The van der Waals surface area contributed by atoms with Crippen molar-refractivity contribution in [1.29, 1.82) is 0 Å². The molecule has 0 rings (SSSR count). The van der Waals surface area contributed by atoms with Crippen molar-refractivity contribution in [3.05, 3.63) is 0 Å². The molecule has 0 unspecified atom stereocenters. The molecule has 0 aromatic carbocycles. The van der Waals surface area contributed by atoms with Gasteiger partial charge in [-0.25, -0.2) is 0 Å². The molecule has 1 nitrogen and oxygen atoms in total. The second kappa shape index (κ2) is 4.54. The van der Waals surface area contributed by atoms with Crippen molar-refractivity contribution >= 4 is 0 Å². The molecule has 10 heavy (non-hydrogen) atoms. The van der Waals surface area contributed by atoms with Gasteiger partial charge in [0, 0.05) is 0 Å². The van der Waals surface area contributed by atoms with E-state index < -0.39 is 0 Å². The van der Waals surface area contributed by atoms with Crippen LogP contribution in [0, 0.1) is 0 Å². The summed E-state index contributed by atoms with van der Waals surface area (Å²) in [5.74, 6) is 0. The van der Waals surface area contributed by atoms with Crippen LogP contribution in [-0.4, -0.2) is 14.0 Å². The number of hydrogen-bond acceptors (Lipinski definition) is 1. The fraction of sp³-hybridized carbons (Fsp3) is 1.00. The van der Waals surface area contributed by atoms with E-state index in [9.17, 15) is 0 Å². The number of alkyl halides is 2. The predicted molar refractivity (Wildman–Crippen MR) is 42.9 cm³/mol. The van der Waals surface area contributed by atoms with E-state index in [1.807, 2.05) is 0 Å². The van der Waals surface area contributed by atoms with Gasteiger partial charge >= 0.3 is 75.2 Å². The van der Waals surface area contributed by atoms with Gasteiger partial charge in [-0.15, -0.1) is 0 Å². The van der Waals surface area contributed by atoms with Crippen LogP contribution in [0.5, 0.6) is 0 Å². The van der Waals surface area contributed by atoms with E-state index in [4.69, 9.17) is 0 Å². The summed E-state index contributed by atoms with van der Waals surface area (Å²) in [5, 5.41) is 3.50. The Balaban J connectivity index is 3.63. The van der Waals surface area contributed by atoms with Crippen LogP contribution < -0.4 is 26.5 Å². The Labute approximate surface area is 75.2 Å². The van der Waals surface area contributed by atoms with Crippen LogP contribution in [0.15, 0.2) is 0 Å². The van der Waals surface area contributed by atoms with Crippen LogP contribution in [0.2, 0.25) is 0 Å². The molecule has 2 heteroatoms. The van der Waals surface area contributed by atoms with E-state index in [0.717, 1.165) is 10.5 Å². The maximum atomic E-state index is 3.50. The summed E-state index contributed by atoms with van der Waals surface area (Å²) in [6.45, 7) is 12.5. The summed E-state index contributed by atoms with van der Waals surface area (Å²) in [5.41, 5.74) is 0. The maximum absolute atomic E-state index is 3.50. The molecule has 0 aromatic heterocycles. The Hall–Kier alpha value is 0.690. The van der Waals surface area contributed by atoms with E-state index in [1.165, 1.54) is 0 Å². The molecule has 0 radical (unpaired) electrons. The standard InChI is InChI=1S/C8H19IN/c1-6-10-8(4,5)9-7(2)3/h7,10H,6H2,1-5H3/q-1. The summed E-state index contributed by atoms with van der Waals surface area (Å²) in [4.78, 5) is 0. The molecular formula is C8H19IN-. The first-order valence-corrected chi connectivity index (χ1v) is 6.20. The third-order valence-corrected chi connectivity index (χ3v) is 4.27. The average Bonchev–Trinajstić information content (AvgIpc) is 1.59. The molecule has 0 heterocycles. The summed E-state index contributed by atoms with van der Waals surface area (Å²) in [6, 6.07) is 0. The number of hydrogen-bond donors (Lipinski definition) is 1. The van der Waals surface area contributed by atoms with E-state index in [-0.39, 0.29) is 0 Å². The molecule has 0 fully saturated rings. The van der Waals surface area contributed by atoms with Crippen molar-refractivity contribution in [3.8, 4) is 0 Å². The Morgan fingerprint density at radius 2 is 1.90 bits per heavy atom. The SMILES string of the molecule is CCNC(C)(C)[I-]C(C)C. The Morgan fingerprint density at radius 1 is 1.40 bits per heavy atom.